The maximum absolute atomic E-state index is 12.9. The monoisotopic (exact) mass is 566 g/mol. The van der Waals surface area contributed by atoms with Crippen LogP contribution in [0.25, 0.3) is 0 Å². The first-order valence-electron chi connectivity index (χ1n) is 16.1. The van der Waals surface area contributed by atoms with Crippen molar-refractivity contribution in [1.82, 2.24) is 0 Å². The SMILES string of the molecule is CC1(C)CC[C@]2(C(=O)O)CC[C@]3(C)C(=CCC4[C@@]5(C)C[C@@H](O)[C@@H]6OC(c7ccco7)OC[C@@]6(C)C5CC[C@]43C)C2C1. The van der Waals surface area contributed by atoms with Crippen LogP contribution >= 0.6 is 0 Å². The van der Waals surface area contributed by atoms with Crippen LogP contribution in [0.2, 0.25) is 0 Å². The van der Waals surface area contributed by atoms with Crippen LogP contribution in [0, 0.1) is 50.2 Å². The molecule has 0 bridgehead atoms. The van der Waals surface area contributed by atoms with Crippen LogP contribution in [0.1, 0.15) is 111 Å². The van der Waals surface area contributed by atoms with E-state index in [4.69, 9.17) is 13.9 Å². The summed E-state index contributed by atoms with van der Waals surface area (Å²) in [5.74, 6) is 0.966. The Morgan fingerprint density at radius 3 is 2.41 bits per heavy atom. The lowest BCUT2D eigenvalue weighted by atomic mass is 9.33. The van der Waals surface area contributed by atoms with Gasteiger partial charge in [0.15, 0.2) is 5.76 Å². The lowest BCUT2D eigenvalue weighted by molar-refractivity contribution is -0.342. The number of aliphatic carboxylic acids is 1. The highest BCUT2D eigenvalue weighted by Gasteiger charge is 2.71. The minimum atomic E-state index is -0.617. The fraction of sp³-hybridized carbons (Fsp3) is 0.800. The van der Waals surface area contributed by atoms with Gasteiger partial charge in [-0.05, 0) is 109 Å². The Morgan fingerprint density at radius 2 is 1.71 bits per heavy atom. The molecule has 6 nitrogen and oxygen atoms in total. The average molecular weight is 567 g/mol. The molecule has 4 saturated carbocycles. The molecule has 2 heterocycles. The molecule has 41 heavy (non-hydrogen) atoms. The number of carbonyl (C=O) groups is 1. The number of fused-ring (bicyclic) bond motifs is 9. The number of furan rings is 1. The second-order valence-corrected chi connectivity index (χ2v) is 16.7. The molecule has 1 aliphatic heterocycles. The van der Waals surface area contributed by atoms with Crippen LogP contribution in [0.4, 0.5) is 0 Å². The standard InChI is InChI=1S/C35H50O6/c1-30(2)13-15-35(29(37)38)16-14-33(5)21(22(35)18-30)9-10-26-31(3)19-23(36)27-32(4,25(31)11-12-34(26,33)6)20-40-28(41-27)24-8-7-17-39-24/h7-9,17,22-23,25-28,36H,10-16,18-20H2,1-6H3,(H,37,38)/t22?,23-,25?,26?,27+,28?,31+,32+,33-,34-,35+/m1/s1. The fourth-order valence-electron chi connectivity index (χ4n) is 12.0. The van der Waals surface area contributed by atoms with Crippen LogP contribution in [-0.2, 0) is 14.3 Å². The molecule has 0 radical (unpaired) electrons. The molecule has 11 atom stereocenters. The van der Waals surface area contributed by atoms with Gasteiger partial charge in [0.05, 0.1) is 30.5 Å². The van der Waals surface area contributed by atoms with Crippen molar-refractivity contribution in [1.29, 1.82) is 0 Å². The van der Waals surface area contributed by atoms with Gasteiger partial charge >= 0.3 is 5.97 Å². The van der Waals surface area contributed by atoms with E-state index in [-0.39, 0.29) is 39.1 Å². The average Bonchev–Trinajstić information content (AvgIpc) is 3.43. The molecule has 5 fully saturated rings. The summed E-state index contributed by atoms with van der Waals surface area (Å²) in [7, 11) is 0. The van der Waals surface area contributed by atoms with Crippen molar-refractivity contribution in [3.63, 3.8) is 0 Å². The first kappa shape index (κ1) is 28.2. The molecule has 2 N–H and O–H groups in total. The molecule has 1 saturated heterocycles. The third kappa shape index (κ3) is 3.56. The molecule has 0 aromatic carbocycles. The highest BCUT2D eigenvalue weighted by atomic mass is 16.7. The second kappa shape index (κ2) is 8.72. The van der Waals surface area contributed by atoms with Gasteiger partial charge in [-0.25, -0.2) is 0 Å². The van der Waals surface area contributed by atoms with Crippen molar-refractivity contribution in [3.05, 3.63) is 35.8 Å². The van der Waals surface area contributed by atoms with Gasteiger partial charge in [-0.2, -0.15) is 0 Å². The van der Waals surface area contributed by atoms with Crippen LogP contribution in [0.5, 0.6) is 0 Å². The minimum Gasteiger partial charge on any atom is -0.481 e. The predicted octanol–water partition coefficient (Wildman–Crippen LogP) is 7.53. The van der Waals surface area contributed by atoms with Crippen molar-refractivity contribution >= 4 is 5.97 Å². The van der Waals surface area contributed by atoms with E-state index in [1.165, 1.54) is 5.57 Å². The number of ether oxygens (including phenoxy) is 2. The number of carboxylic acid groups (broad SMARTS) is 1. The molecule has 7 rings (SSSR count). The smallest absolute Gasteiger partial charge is 0.310 e. The second-order valence-electron chi connectivity index (χ2n) is 16.7. The van der Waals surface area contributed by atoms with Gasteiger partial charge in [-0.1, -0.05) is 53.2 Å². The summed E-state index contributed by atoms with van der Waals surface area (Å²) in [5.41, 5.74) is 0.647. The fourth-order valence-corrected chi connectivity index (χ4v) is 12.0. The van der Waals surface area contributed by atoms with E-state index in [0.29, 0.717) is 24.2 Å². The van der Waals surface area contributed by atoms with Crippen molar-refractivity contribution in [2.45, 2.75) is 118 Å². The van der Waals surface area contributed by atoms with Crippen LogP contribution in [0.3, 0.4) is 0 Å². The molecule has 1 aromatic heterocycles. The number of hydrogen-bond acceptors (Lipinski definition) is 5. The van der Waals surface area contributed by atoms with Gasteiger partial charge in [-0.3, -0.25) is 4.79 Å². The molecule has 0 spiro atoms. The van der Waals surface area contributed by atoms with E-state index < -0.39 is 23.8 Å². The van der Waals surface area contributed by atoms with Crippen molar-refractivity contribution in [3.8, 4) is 0 Å². The van der Waals surface area contributed by atoms with Crippen molar-refractivity contribution in [2.24, 2.45) is 50.2 Å². The molecular formula is C35H50O6. The lowest BCUT2D eigenvalue weighted by Gasteiger charge is -2.72. The predicted molar refractivity (Wildman–Crippen MR) is 155 cm³/mol. The maximum Gasteiger partial charge on any atom is 0.310 e. The van der Waals surface area contributed by atoms with Crippen molar-refractivity contribution in [2.75, 3.05) is 6.61 Å². The Kier molecular flexibility index (Phi) is 5.99. The zero-order valence-corrected chi connectivity index (χ0v) is 25.9. The maximum atomic E-state index is 12.9. The summed E-state index contributed by atoms with van der Waals surface area (Å²) in [6.07, 6.45) is 11.0. The minimum absolute atomic E-state index is 0.0341. The van der Waals surface area contributed by atoms with Gasteiger partial charge in [0.1, 0.15) is 0 Å². The lowest BCUT2D eigenvalue weighted by Crippen LogP contribution is -2.69. The quantitative estimate of drug-likeness (QED) is 0.360. The highest BCUT2D eigenvalue weighted by molar-refractivity contribution is 5.76. The number of allylic oxidation sites excluding steroid dienone is 2. The largest absolute Gasteiger partial charge is 0.481 e. The molecule has 1 aromatic rings. The van der Waals surface area contributed by atoms with E-state index in [9.17, 15) is 15.0 Å². The van der Waals surface area contributed by atoms with E-state index >= 15 is 0 Å². The van der Waals surface area contributed by atoms with Crippen molar-refractivity contribution < 1.29 is 28.9 Å². The Bertz CT molecular complexity index is 1250. The Hall–Kier alpha value is -1.63. The number of hydrogen-bond donors (Lipinski definition) is 2. The summed E-state index contributed by atoms with van der Waals surface area (Å²) < 4.78 is 18.4. The third-order valence-electron chi connectivity index (χ3n) is 14.4. The van der Waals surface area contributed by atoms with Gasteiger partial charge in [0.2, 0.25) is 6.29 Å². The molecule has 6 aliphatic rings. The molecule has 4 unspecified atom stereocenters. The Labute approximate surface area is 245 Å². The molecule has 226 valence electrons. The molecular weight excluding hydrogens is 516 g/mol. The number of carboxylic acids is 1. The van der Waals surface area contributed by atoms with Gasteiger partial charge < -0.3 is 24.1 Å². The van der Waals surface area contributed by atoms with E-state index in [0.717, 1.165) is 57.8 Å². The van der Waals surface area contributed by atoms with Gasteiger partial charge in [0, 0.05) is 5.41 Å². The van der Waals surface area contributed by atoms with E-state index in [1.807, 2.05) is 12.1 Å². The summed E-state index contributed by atoms with van der Waals surface area (Å²) in [6, 6.07) is 3.72. The summed E-state index contributed by atoms with van der Waals surface area (Å²) in [6.45, 7) is 14.9. The number of rotatable bonds is 2. The van der Waals surface area contributed by atoms with Crippen LogP contribution < -0.4 is 0 Å². The van der Waals surface area contributed by atoms with Crippen LogP contribution in [-0.4, -0.2) is 35.0 Å². The topological polar surface area (TPSA) is 89.1 Å². The van der Waals surface area contributed by atoms with Gasteiger partial charge in [0.25, 0.3) is 0 Å². The first-order chi connectivity index (χ1) is 19.2. The normalized spacial score (nSPS) is 52.1. The first-order valence-corrected chi connectivity index (χ1v) is 16.1. The number of aliphatic hydroxyl groups excluding tert-OH is 1. The zero-order chi connectivity index (χ0) is 29.2. The zero-order valence-electron chi connectivity index (χ0n) is 25.9. The Balaban J connectivity index is 1.25. The van der Waals surface area contributed by atoms with E-state index in [1.54, 1.807) is 6.26 Å². The number of aliphatic hydroxyl groups is 1. The Morgan fingerprint density at radius 1 is 0.951 bits per heavy atom. The molecule has 6 heteroatoms. The van der Waals surface area contributed by atoms with Crippen LogP contribution in [0.15, 0.2) is 34.5 Å². The summed E-state index contributed by atoms with van der Waals surface area (Å²) >= 11 is 0. The molecule has 0 amide bonds. The van der Waals surface area contributed by atoms with E-state index in [2.05, 4.69) is 47.6 Å². The molecule has 5 aliphatic carbocycles. The summed E-state index contributed by atoms with van der Waals surface area (Å²) in [5, 5.41) is 22.4. The highest BCUT2D eigenvalue weighted by Crippen LogP contribution is 2.76. The summed E-state index contributed by atoms with van der Waals surface area (Å²) in [4.78, 5) is 12.9. The van der Waals surface area contributed by atoms with Gasteiger partial charge in [-0.15, -0.1) is 0 Å². The third-order valence-corrected chi connectivity index (χ3v) is 14.4.